The van der Waals surface area contributed by atoms with E-state index in [4.69, 9.17) is 5.26 Å². The summed E-state index contributed by atoms with van der Waals surface area (Å²) in [4.78, 5) is 12.2. The quantitative estimate of drug-likeness (QED) is 0.765. The normalized spacial score (nSPS) is 12.2. The van der Waals surface area contributed by atoms with Crippen molar-refractivity contribution in [2.45, 2.75) is 13.0 Å². The molecule has 1 aromatic carbocycles. The van der Waals surface area contributed by atoms with E-state index in [-0.39, 0.29) is 17.7 Å². The summed E-state index contributed by atoms with van der Waals surface area (Å²) in [5.74, 6) is 0. The van der Waals surface area contributed by atoms with E-state index in [0.717, 1.165) is 5.56 Å². The minimum Gasteiger partial charge on any atom is -0.480 e. The lowest BCUT2D eigenvalue weighted by Gasteiger charge is -2.14. The van der Waals surface area contributed by atoms with Gasteiger partial charge in [0, 0.05) is 0 Å². The van der Waals surface area contributed by atoms with Crippen LogP contribution >= 0.6 is 0 Å². The molecule has 2 heterocycles. The van der Waals surface area contributed by atoms with Crippen molar-refractivity contribution in [3.8, 4) is 12.1 Å². The van der Waals surface area contributed by atoms with E-state index < -0.39 is 0 Å². The number of fused-ring (bicyclic) bond motifs is 1. The zero-order valence-corrected chi connectivity index (χ0v) is 10.7. The van der Waals surface area contributed by atoms with Gasteiger partial charge in [-0.25, -0.2) is 9.97 Å². The Bertz CT molecular complexity index is 804. The van der Waals surface area contributed by atoms with Crippen LogP contribution in [0.5, 0.6) is 6.01 Å². The number of imidazole rings is 1. The maximum Gasteiger partial charge on any atom is 0.298 e. The Kier molecular flexibility index (Phi) is 2.80. The number of nitriles is 1. The predicted octanol–water partition coefficient (Wildman–Crippen LogP) is 2.01. The summed E-state index contributed by atoms with van der Waals surface area (Å²) >= 11 is 0. The van der Waals surface area contributed by atoms with E-state index in [9.17, 15) is 5.11 Å². The first-order chi connectivity index (χ1) is 9.70. The zero-order valence-electron chi connectivity index (χ0n) is 10.7. The first kappa shape index (κ1) is 12.1. The number of aromatic hydroxyl groups is 1. The molecule has 0 aliphatic carbocycles. The SMILES string of the molecule is CC(c1ccccc1)n1c(O)nc2ncc(C#N)nc21. The number of aromatic nitrogens is 4. The minimum atomic E-state index is -0.163. The monoisotopic (exact) mass is 265 g/mol. The van der Waals surface area contributed by atoms with E-state index in [2.05, 4.69) is 15.0 Å². The van der Waals surface area contributed by atoms with E-state index in [0.29, 0.717) is 11.3 Å². The molecule has 0 radical (unpaired) electrons. The van der Waals surface area contributed by atoms with Crippen molar-refractivity contribution in [1.82, 2.24) is 19.5 Å². The lowest BCUT2D eigenvalue weighted by atomic mass is 10.1. The van der Waals surface area contributed by atoms with Crippen LogP contribution in [-0.2, 0) is 0 Å². The average molecular weight is 265 g/mol. The van der Waals surface area contributed by atoms with Crippen molar-refractivity contribution < 1.29 is 5.11 Å². The fourth-order valence-corrected chi connectivity index (χ4v) is 2.15. The second-order valence-electron chi connectivity index (χ2n) is 4.38. The molecule has 1 unspecified atom stereocenters. The Morgan fingerprint density at radius 1 is 1.25 bits per heavy atom. The van der Waals surface area contributed by atoms with E-state index in [1.807, 2.05) is 43.3 Å². The number of benzene rings is 1. The molecule has 0 saturated carbocycles. The summed E-state index contributed by atoms with van der Waals surface area (Å²) in [6.07, 6.45) is 1.34. The Morgan fingerprint density at radius 3 is 2.70 bits per heavy atom. The van der Waals surface area contributed by atoms with Crippen LogP contribution in [0.3, 0.4) is 0 Å². The molecular weight excluding hydrogens is 254 g/mol. The van der Waals surface area contributed by atoms with E-state index in [1.54, 1.807) is 4.57 Å². The third-order valence-corrected chi connectivity index (χ3v) is 3.17. The molecule has 0 bridgehead atoms. The average Bonchev–Trinajstić information content (AvgIpc) is 2.82. The molecule has 0 spiro atoms. The van der Waals surface area contributed by atoms with Gasteiger partial charge >= 0.3 is 0 Å². The maximum absolute atomic E-state index is 10.0. The van der Waals surface area contributed by atoms with Gasteiger partial charge in [-0.05, 0) is 12.5 Å². The Hall–Kier alpha value is -2.94. The summed E-state index contributed by atoms with van der Waals surface area (Å²) in [7, 11) is 0. The minimum absolute atomic E-state index is 0.161. The molecule has 0 fully saturated rings. The van der Waals surface area contributed by atoms with Gasteiger partial charge < -0.3 is 5.11 Å². The van der Waals surface area contributed by atoms with Crippen molar-refractivity contribution >= 4 is 11.3 Å². The Morgan fingerprint density at radius 2 is 2.00 bits per heavy atom. The van der Waals surface area contributed by atoms with Crippen LogP contribution in [0.25, 0.3) is 11.3 Å². The fraction of sp³-hybridized carbons (Fsp3) is 0.143. The van der Waals surface area contributed by atoms with Crippen molar-refractivity contribution in [2.24, 2.45) is 0 Å². The molecule has 0 amide bonds. The highest BCUT2D eigenvalue weighted by Crippen LogP contribution is 2.27. The van der Waals surface area contributed by atoms with Gasteiger partial charge in [0.1, 0.15) is 6.07 Å². The summed E-state index contributed by atoms with van der Waals surface area (Å²) in [5, 5.41) is 18.9. The predicted molar refractivity (Wildman–Crippen MR) is 72.0 cm³/mol. The van der Waals surface area contributed by atoms with Crippen molar-refractivity contribution in [3.05, 3.63) is 47.8 Å². The topological polar surface area (TPSA) is 87.6 Å². The second kappa shape index (κ2) is 4.63. The van der Waals surface area contributed by atoms with Gasteiger partial charge in [0.2, 0.25) is 5.65 Å². The van der Waals surface area contributed by atoms with Gasteiger partial charge in [-0.15, -0.1) is 0 Å². The lowest BCUT2D eigenvalue weighted by molar-refractivity contribution is 0.393. The van der Waals surface area contributed by atoms with Gasteiger partial charge in [0.25, 0.3) is 6.01 Å². The molecule has 1 N–H and O–H groups in total. The molecule has 0 saturated heterocycles. The van der Waals surface area contributed by atoms with Crippen LogP contribution in [0.2, 0.25) is 0 Å². The van der Waals surface area contributed by atoms with Gasteiger partial charge in [0.15, 0.2) is 11.3 Å². The molecule has 3 aromatic rings. The third kappa shape index (κ3) is 1.86. The van der Waals surface area contributed by atoms with Crippen LogP contribution in [0.4, 0.5) is 0 Å². The molecule has 6 nitrogen and oxygen atoms in total. The van der Waals surface area contributed by atoms with Gasteiger partial charge in [-0.2, -0.15) is 10.2 Å². The summed E-state index contributed by atoms with van der Waals surface area (Å²) in [6.45, 7) is 1.93. The van der Waals surface area contributed by atoms with E-state index >= 15 is 0 Å². The molecule has 0 aliphatic rings. The van der Waals surface area contributed by atoms with Gasteiger partial charge in [-0.1, -0.05) is 30.3 Å². The molecule has 1 atom stereocenters. The van der Waals surface area contributed by atoms with Crippen molar-refractivity contribution in [3.63, 3.8) is 0 Å². The van der Waals surface area contributed by atoms with Crippen LogP contribution < -0.4 is 0 Å². The largest absolute Gasteiger partial charge is 0.480 e. The van der Waals surface area contributed by atoms with Crippen molar-refractivity contribution in [1.29, 1.82) is 5.26 Å². The summed E-state index contributed by atoms with van der Waals surface area (Å²) < 4.78 is 1.57. The first-order valence-electron chi connectivity index (χ1n) is 6.09. The summed E-state index contributed by atoms with van der Waals surface area (Å²) in [6, 6.07) is 11.3. The Labute approximate surface area is 115 Å². The smallest absolute Gasteiger partial charge is 0.298 e. The van der Waals surface area contributed by atoms with Gasteiger partial charge in [-0.3, -0.25) is 4.57 Å². The number of hydrogen-bond acceptors (Lipinski definition) is 5. The molecule has 98 valence electrons. The number of nitrogens with zero attached hydrogens (tertiary/aromatic N) is 5. The van der Waals surface area contributed by atoms with Crippen LogP contribution in [0.1, 0.15) is 24.2 Å². The van der Waals surface area contributed by atoms with Crippen LogP contribution in [0, 0.1) is 11.3 Å². The highest BCUT2D eigenvalue weighted by Gasteiger charge is 2.19. The second-order valence-corrected chi connectivity index (χ2v) is 4.38. The van der Waals surface area contributed by atoms with Crippen LogP contribution in [0.15, 0.2) is 36.5 Å². The molecule has 2 aromatic heterocycles. The lowest BCUT2D eigenvalue weighted by Crippen LogP contribution is -2.07. The zero-order chi connectivity index (χ0) is 14.1. The van der Waals surface area contributed by atoms with E-state index in [1.165, 1.54) is 6.20 Å². The number of hydrogen-bond donors (Lipinski definition) is 1. The third-order valence-electron chi connectivity index (χ3n) is 3.17. The molecule has 20 heavy (non-hydrogen) atoms. The molecule has 0 aliphatic heterocycles. The standard InChI is InChI=1S/C14H11N5O/c1-9(10-5-3-2-4-6-10)19-13-12(18-14(19)20)16-8-11(7-15)17-13/h2-6,8-9H,1H3,(H,16,18,20). The first-order valence-corrected chi connectivity index (χ1v) is 6.09. The molecule has 6 heteroatoms. The highest BCUT2D eigenvalue weighted by molar-refractivity contribution is 5.68. The van der Waals surface area contributed by atoms with Crippen molar-refractivity contribution in [2.75, 3.05) is 0 Å². The Balaban J connectivity index is 2.20. The number of rotatable bonds is 2. The highest BCUT2D eigenvalue weighted by atomic mass is 16.3. The molecule has 3 rings (SSSR count). The van der Waals surface area contributed by atoms with Crippen LogP contribution in [-0.4, -0.2) is 24.6 Å². The molecular formula is C14H11N5O. The van der Waals surface area contributed by atoms with Gasteiger partial charge in [0.05, 0.1) is 12.2 Å². The maximum atomic E-state index is 10.0. The summed E-state index contributed by atoms with van der Waals surface area (Å²) in [5.41, 5.74) is 1.92. The fourth-order valence-electron chi connectivity index (χ4n) is 2.15.